The summed E-state index contributed by atoms with van der Waals surface area (Å²) in [5.74, 6) is 0.128. The van der Waals surface area contributed by atoms with Gasteiger partial charge in [-0.1, -0.05) is 6.08 Å². The van der Waals surface area contributed by atoms with Gasteiger partial charge in [-0.3, -0.25) is 9.50 Å². The number of ketones is 1. The van der Waals surface area contributed by atoms with Gasteiger partial charge in [-0.15, -0.1) is 18.2 Å². The minimum Gasteiger partial charge on any atom is -0.298 e. The summed E-state index contributed by atoms with van der Waals surface area (Å²) in [5.41, 5.74) is 0. The van der Waals surface area contributed by atoms with Gasteiger partial charge in [0.2, 0.25) is 0 Å². The van der Waals surface area contributed by atoms with Gasteiger partial charge >= 0.3 is 0 Å². The van der Waals surface area contributed by atoms with Gasteiger partial charge in [0.05, 0.1) is 5.88 Å². The second-order valence-corrected chi connectivity index (χ2v) is 1.43. The molecular weight excluding hydrogens is 131 g/mol. The topological polar surface area (TPSA) is 17.1 Å². The van der Waals surface area contributed by atoms with Gasteiger partial charge in [0.15, 0.2) is 5.78 Å². The molecule has 0 saturated heterocycles. The van der Waals surface area contributed by atoms with E-state index in [0.29, 0.717) is 6.42 Å². The van der Waals surface area contributed by atoms with Crippen molar-refractivity contribution in [2.75, 3.05) is 5.88 Å². The summed E-state index contributed by atoms with van der Waals surface area (Å²) in [6.07, 6.45) is 1.94. The first-order chi connectivity index (χ1) is 3.31. The molecule has 0 heterocycles. The lowest BCUT2D eigenvalue weighted by Gasteiger charge is -1.81. The average molecular weight is 139 g/mol. The number of hydrogen-bond donors (Lipinski definition) is 0. The summed E-state index contributed by atoms with van der Waals surface area (Å²) < 4.78 is 0. The minimum atomic E-state index is 0. The van der Waals surface area contributed by atoms with Crippen molar-refractivity contribution >= 4 is 17.4 Å². The van der Waals surface area contributed by atoms with Crippen LogP contribution in [0, 0.1) is 0 Å². The Labute approximate surface area is 52.7 Å². The van der Waals surface area contributed by atoms with Crippen LogP contribution < -0.4 is 0 Å². The molecule has 0 atom stereocenters. The van der Waals surface area contributed by atoms with Crippen LogP contribution in [0.4, 0.5) is 4.70 Å². The highest BCUT2D eigenvalue weighted by molar-refractivity contribution is 6.27. The van der Waals surface area contributed by atoms with Gasteiger partial charge in [0.25, 0.3) is 0 Å². The summed E-state index contributed by atoms with van der Waals surface area (Å²) >= 11 is 5.13. The standard InChI is InChI=1S/C5H7ClO.FH/c1-2-3-5(7)4-6;/h2H,1,3-4H2;1H. The highest BCUT2D eigenvalue weighted by Gasteiger charge is 1.90. The van der Waals surface area contributed by atoms with Crippen molar-refractivity contribution in [3.63, 3.8) is 0 Å². The van der Waals surface area contributed by atoms with Crippen molar-refractivity contribution in [1.82, 2.24) is 0 Å². The fourth-order valence-corrected chi connectivity index (χ4v) is 0.325. The largest absolute Gasteiger partial charge is 0.298 e. The molecule has 0 unspecified atom stereocenters. The molecule has 0 radical (unpaired) electrons. The van der Waals surface area contributed by atoms with Crippen molar-refractivity contribution in [3.05, 3.63) is 12.7 Å². The van der Waals surface area contributed by atoms with E-state index in [9.17, 15) is 4.79 Å². The van der Waals surface area contributed by atoms with Crippen molar-refractivity contribution in [1.29, 1.82) is 0 Å². The second kappa shape index (κ2) is 6.63. The van der Waals surface area contributed by atoms with Crippen LogP contribution in [0.2, 0.25) is 0 Å². The Morgan fingerprint density at radius 3 is 2.38 bits per heavy atom. The van der Waals surface area contributed by atoms with E-state index in [1.165, 1.54) is 0 Å². The molecule has 0 bridgehead atoms. The number of Topliss-reactive ketones (excluding diaryl/α,β-unsaturated/α-hetero) is 1. The Morgan fingerprint density at radius 2 is 2.25 bits per heavy atom. The molecule has 0 aliphatic rings. The second-order valence-electron chi connectivity index (χ2n) is 1.17. The van der Waals surface area contributed by atoms with Crippen LogP contribution in [0.15, 0.2) is 12.7 Å². The van der Waals surface area contributed by atoms with Gasteiger partial charge in [-0.05, 0) is 0 Å². The molecule has 8 heavy (non-hydrogen) atoms. The van der Waals surface area contributed by atoms with Crippen LogP contribution >= 0.6 is 11.6 Å². The Hall–Kier alpha value is -0.370. The molecule has 48 valence electrons. The van der Waals surface area contributed by atoms with Crippen LogP contribution in [-0.2, 0) is 4.79 Å². The summed E-state index contributed by atoms with van der Waals surface area (Å²) in [6.45, 7) is 3.37. The average Bonchev–Trinajstić information content (AvgIpc) is 1.68. The van der Waals surface area contributed by atoms with E-state index < -0.39 is 0 Å². The lowest BCUT2D eigenvalue weighted by molar-refractivity contribution is -0.115. The fourth-order valence-electron chi connectivity index (χ4n) is 0.216. The molecule has 0 aliphatic carbocycles. The predicted octanol–water partition coefficient (Wildman–Crippen LogP) is 1.52. The third-order valence-electron chi connectivity index (χ3n) is 0.521. The molecule has 3 heteroatoms. The molecule has 0 saturated carbocycles. The van der Waals surface area contributed by atoms with Crippen molar-refractivity contribution in [2.45, 2.75) is 6.42 Å². The van der Waals surface area contributed by atoms with Gasteiger partial charge < -0.3 is 0 Å². The number of allylic oxidation sites excluding steroid dienone is 1. The molecule has 0 amide bonds. The van der Waals surface area contributed by atoms with Gasteiger partial charge in [0, 0.05) is 6.42 Å². The number of alkyl halides is 1. The van der Waals surface area contributed by atoms with E-state index in [-0.39, 0.29) is 16.4 Å². The highest BCUT2D eigenvalue weighted by atomic mass is 35.5. The van der Waals surface area contributed by atoms with Gasteiger partial charge in [-0.25, -0.2) is 0 Å². The van der Waals surface area contributed by atoms with E-state index in [0.717, 1.165) is 0 Å². The molecule has 0 aliphatic heterocycles. The molecule has 0 N–H and O–H groups in total. The van der Waals surface area contributed by atoms with Gasteiger partial charge in [-0.2, -0.15) is 0 Å². The summed E-state index contributed by atoms with van der Waals surface area (Å²) in [5, 5.41) is 0. The zero-order valence-electron chi connectivity index (χ0n) is 4.39. The molecule has 0 aromatic heterocycles. The third kappa shape index (κ3) is 5.63. The first kappa shape index (κ1) is 10.6. The van der Waals surface area contributed by atoms with Crippen LogP contribution in [0.3, 0.4) is 0 Å². The normalized spacial score (nSPS) is 7.12. The predicted molar refractivity (Wildman–Crippen MR) is 33.0 cm³/mol. The maximum atomic E-state index is 10.2. The van der Waals surface area contributed by atoms with Crippen molar-refractivity contribution in [2.24, 2.45) is 0 Å². The van der Waals surface area contributed by atoms with E-state index >= 15 is 0 Å². The van der Waals surface area contributed by atoms with Crippen molar-refractivity contribution in [3.8, 4) is 0 Å². The molecule has 0 aromatic carbocycles. The van der Waals surface area contributed by atoms with E-state index in [1.54, 1.807) is 6.08 Å². The molecule has 0 spiro atoms. The number of carbonyl (C=O) groups excluding carboxylic acids is 1. The minimum absolute atomic E-state index is 0. The summed E-state index contributed by atoms with van der Waals surface area (Å²) in [7, 11) is 0. The molecule has 1 nitrogen and oxygen atoms in total. The first-order valence-corrected chi connectivity index (χ1v) is 2.53. The van der Waals surface area contributed by atoms with E-state index in [2.05, 4.69) is 6.58 Å². The number of hydrogen-bond acceptors (Lipinski definition) is 1. The van der Waals surface area contributed by atoms with Crippen LogP contribution in [0.1, 0.15) is 6.42 Å². The van der Waals surface area contributed by atoms with E-state index in [4.69, 9.17) is 11.6 Å². The van der Waals surface area contributed by atoms with Gasteiger partial charge in [0.1, 0.15) is 0 Å². The third-order valence-corrected chi connectivity index (χ3v) is 0.819. The molecular formula is C5H8ClFO. The Morgan fingerprint density at radius 1 is 1.75 bits per heavy atom. The molecule has 0 fully saturated rings. The quantitative estimate of drug-likeness (QED) is 0.427. The zero-order valence-corrected chi connectivity index (χ0v) is 5.15. The van der Waals surface area contributed by atoms with Crippen molar-refractivity contribution < 1.29 is 9.50 Å². The van der Waals surface area contributed by atoms with E-state index in [1.807, 2.05) is 0 Å². The summed E-state index contributed by atoms with van der Waals surface area (Å²) in [4.78, 5) is 10.2. The zero-order chi connectivity index (χ0) is 5.70. The SMILES string of the molecule is C=CCC(=O)CCl.F. The maximum Gasteiger partial charge on any atom is 0.151 e. The lowest BCUT2D eigenvalue weighted by Crippen LogP contribution is -1.94. The van der Waals surface area contributed by atoms with Crippen LogP contribution in [0.5, 0.6) is 0 Å². The fraction of sp³-hybridized carbons (Fsp3) is 0.400. The number of rotatable bonds is 3. The van der Waals surface area contributed by atoms with Crippen LogP contribution in [0.25, 0.3) is 0 Å². The lowest BCUT2D eigenvalue weighted by atomic mass is 10.3. The number of halogens is 2. The molecule has 0 rings (SSSR count). The van der Waals surface area contributed by atoms with Crippen LogP contribution in [-0.4, -0.2) is 11.7 Å². The Bertz CT molecular complexity index is 82.5. The number of carbonyl (C=O) groups is 1. The Balaban J connectivity index is 0. The monoisotopic (exact) mass is 138 g/mol. The highest BCUT2D eigenvalue weighted by Crippen LogP contribution is 1.85. The smallest absolute Gasteiger partial charge is 0.151 e. The maximum absolute atomic E-state index is 10.2. The molecule has 0 aromatic rings. The Kier molecular flexibility index (Phi) is 8.77. The summed E-state index contributed by atoms with van der Waals surface area (Å²) in [6, 6.07) is 0. The first-order valence-electron chi connectivity index (χ1n) is 1.99.